The van der Waals surface area contributed by atoms with Crippen molar-refractivity contribution in [3.8, 4) is 0 Å². The Hall–Kier alpha value is -2.11. The first-order chi connectivity index (χ1) is 9.56. The zero-order valence-electron chi connectivity index (χ0n) is 10.6. The molecule has 0 unspecified atom stereocenters. The number of nitrogens with zero attached hydrogens (tertiary/aromatic N) is 1. The van der Waals surface area contributed by atoms with Gasteiger partial charge in [-0.05, 0) is 35.4 Å². The summed E-state index contributed by atoms with van der Waals surface area (Å²) >= 11 is 5.79. The fourth-order valence-corrected chi connectivity index (χ4v) is 1.85. The van der Waals surface area contributed by atoms with Crippen LogP contribution < -0.4 is 5.73 Å². The molecule has 2 N–H and O–H groups in total. The van der Waals surface area contributed by atoms with Crippen LogP contribution in [0.5, 0.6) is 0 Å². The fourth-order valence-electron chi connectivity index (χ4n) is 1.73. The number of hydrogen-bond donors (Lipinski definition) is 1. The van der Waals surface area contributed by atoms with E-state index in [-0.39, 0.29) is 11.4 Å². The van der Waals surface area contributed by atoms with E-state index in [0.29, 0.717) is 18.2 Å². The van der Waals surface area contributed by atoms with Crippen molar-refractivity contribution in [2.45, 2.75) is 13.2 Å². The fraction of sp³-hybridized carbons (Fsp3) is 0.143. The van der Waals surface area contributed by atoms with Crippen LogP contribution >= 0.6 is 11.6 Å². The van der Waals surface area contributed by atoms with Crippen molar-refractivity contribution in [1.82, 2.24) is 0 Å². The van der Waals surface area contributed by atoms with Crippen molar-refractivity contribution >= 4 is 23.0 Å². The highest BCUT2D eigenvalue weighted by molar-refractivity contribution is 6.30. The number of benzene rings is 2. The maximum absolute atomic E-state index is 10.6. The molecule has 0 aliphatic rings. The van der Waals surface area contributed by atoms with E-state index >= 15 is 0 Å². The Morgan fingerprint density at radius 2 is 1.70 bits per heavy atom. The van der Waals surface area contributed by atoms with Gasteiger partial charge in [-0.25, -0.2) is 0 Å². The second kappa shape index (κ2) is 6.36. The molecule has 0 atom stereocenters. The predicted octanol–water partition coefficient (Wildman–Crippen LogP) is 3.55. The minimum absolute atomic E-state index is 0.0912. The van der Waals surface area contributed by atoms with Gasteiger partial charge in [0.05, 0.1) is 18.1 Å². The molecule has 5 nitrogen and oxygen atoms in total. The van der Waals surface area contributed by atoms with Crippen molar-refractivity contribution in [3.63, 3.8) is 0 Å². The molecule has 0 saturated heterocycles. The van der Waals surface area contributed by atoms with E-state index in [1.54, 1.807) is 24.3 Å². The van der Waals surface area contributed by atoms with Gasteiger partial charge in [-0.15, -0.1) is 0 Å². The third-order valence-corrected chi connectivity index (χ3v) is 2.99. The van der Waals surface area contributed by atoms with Crippen molar-refractivity contribution in [2.24, 2.45) is 0 Å². The number of rotatable bonds is 5. The summed E-state index contributed by atoms with van der Waals surface area (Å²) in [6.07, 6.45) is 0. The molecule has 0 aliphatic carbocycles. The monoisotopic (exact) mass is 292 g/mol. The highest BCUT2D eigenvalue weighted by atomic mass is 35.5. The number of hydrogen-bond acceptors (Lipinski definition) is 4. The number of anilines is 1. The average molecular weight is 293 g/mol. The van der Waals surface area contributed by atoms with Crippen LogP contribution in [0.15, 0.2) is 42.5 Å². The molecule has 0 bridgehead atoms. The second-order valence-corrected chi connectivity index (χ2v) is 4.71. The molecule has 2 aromatic rings. The van der Waals surface area contributed by atoms with E-state index in [1.807, 2.05) is 12.1 Å². The van der Waals surface area contributed by atoms with Gasteiger partial charge in [-0.2, -0.15) is 0 Å². The Bertz CT molecular complexity index is 614. The minimum Gasteiger partial charge on any atom is -0.393 e. The lowest BCUT2D eigenvalue weighted by Gasteiger charge is -2.06. The van der Waals surface area contributed by atoms with Crippen molar-refractivity contribution in [3.05, 3.63) is 68.7 Å². The molecule has 0 radical (unpaired) electrons. The van der Waals surface area contributed by atoms with Gasteiger partial charge in [0, 0.05) is 11.1 Å². The van der Waals surface area contributed by atoms with E-state index in [2.05, 4.69) is 0 Å². The summed E-state index contributed by atoms with van der Waals surface area (Å²) in [6, 6.07) is 11.9. The van der Waals surface area contributed by atoms with E-state index in [0.717, 1.165) is 11.1 Å². The van der Waals surface area contributed by atoms with Crippen LogP contribution in [0, 0.1) is 10.1 Å². The lowest BCUT2D eigenvalue weighted by Crippen LogP contribution is -1.99. The molecule has 0 aromatic heterocycles. The van der Waals surface area contributed by atoms with Crippen LogP contribution in [0.4, 0.5) is 11.4 Å². The highest BCUT2D eigenvalue weighted by Crippen LogP contribution is 2.22. The number of nitro groups is 1. The Labute approximate surface area is 121 Å². The Kier molecular flexibility index (Phi) is 4.55. The molecule has 0 saturated carbocycles. The standard InChI is InChI=1S/C14H13ClN2O3/c15-12-4-1-10(2-5-12)8-20-9-11-3-6-14(17(18)19)13(16)7-11/h1-7H,8-9,16H2. The topological polar surface area (TPSA) is 78.4 Å². The molecule has 0 amide bonds. The minimum atomic E-state index is -0.506. The third-order valence-electron chi connectivity index (χ3n) is 2.74. The van der Waals surface area contributed by atoms with Crippen LogP contribution in [0.2, 0.25) is 5.02 Å². The van der Waals surface area contributed by atoms with Gasteiger partial charge >= 0.3 is 0 Å². The smallest absolute Gasteiger partial charge is 0.292 e. The van der Waals surface area contributed by atoms with Crippen LogP contribution in [0.1, 0.15) is 11.1 Å². The summed E-state index contributed by atoms with van der Waals surface area (Å²) in [5, 5.41) is 11.3. The Balaban J connectivity index is 1.92. The maximum Gasteiger partial charge on any atom is 0.292 e. The summed E-state index contributed by atoms with van der Waals surface area (Å²) in [5.74, 6) is 0. The van der Waals surface area contributed by atoms with Gasteiger partial charge in [0.15, 0.2) is 0 Å². The zero-order chi connectivity index (χ0) is 14.5. The van der Waals surface area contributed by atoms with Crippen molar-refractivity contribution in [2.75, 3.05) is 5.73 Å². The van der Waals surface area contributed by atoms with Gasteiger partial charge in [-0.3, -0.25) is 10.1 Å². The van der Waals surface area contributed by atoms with E-state index in [9.17, 15) is 10.1 Å². The highest BCUT2D eigenvalue weighted by Gasteiger charge is 2.10. The number of halogens is 1. The molecule has 0 aliphatic heterocycles. The summed E-state index contributed by atoms with van der Waals surface area (Å²) in [7, 11) is 0. The van der Waals surface area contributed by atoms with Gasteiger partial charge in [-0.1, -0.05) is 23.7 Å². The molecule has 0 heterocycles. The van der Waals surface area contributed by atoms with Crippen molar-refractivity contribution < 1.29 is 9.66 Å². The first-order valence-electron chi connectivity index (χ1n) is 5.91. The normalized spacial score (nSPS) is 10.4. The zero-order valence-corrected chi connectivity index (χ0v) is 11.3. The lowest BCUT2D eigenvalue weighted by molar-refractivity contribution is -0.383. The van der Waals surface area contributed by atoms with Crippen LogP contribution in [0.25, 0.3) is 0 Å². The molecule has 2 aromatic carbocycles. The summed E-state index contributed by atoms with van der Waals surface area (Å²) < 4.78 is 5.53. The molecule has 2 rings (SSSR count). The molecular formula is C14H13ClN2O3. The molecular weight excluding hydrogens is 280 g/mol. The molecule has 0 fully saturated rings. The number of nitrogen functional groups attached to an aromatic ring is 1. The maximum atomic E-state index is 10.6. The summed E-state index contributed by atoms with van der Waals surface area (Å²) in [5.41, 5.74) is 7.46. The quantitative estimate of drug-likeness (QED) is 0.519. The number of ether oxygens (including phenoxy) is 1. The predicted molar refractivity (Wildman–Crippen MR) is 77.5 cm³/mol. The van der Waals surface area contributed by atoms with E-state index in [4.69, 9.17) is 22.1 Å². The third kappa shape index (κ3) is 3.69. The average Bonchev–Trinajstić information content (AvgIpc) is 2.41. The number of nitro benzene ring substituents is 1. The largest absolute Gasteiger partial charge is 0.393 e. The van der Waals surface area contributed by atoms with Gasteiger partial charge in [0.1, 0.15) is 5.69 Å². The van der Waals surface area contributed by atoms with E-state index < -0.39 is 4.92 Å². The number of nitrogens with two attached hydrogens (primary N) is 1. The Morgan fingerprint density at radius 3 is 2.30 bits per heavy atom. The SMILES string of the molecule is Nc1cc(COCc2ccc(Cl)cc2)ccc1[N+](=O)[O-]. The molecule has 0 spiro atoms. The second-order valence-electron chi connectivity index (χ2n) is 4.27. The molecule has 104 valence electrons. The lowest BCUT2D eigenvalue weighted by atomic mass is 10.2. The first kappa shape index (κ1) is 14.3. The summed E-state index contributed by atoms with van der Waals surface area (Å²) in [4.78, 5) is 10.1. The van der Waals surface area contributed by atoms with Crippen LogP contribution in [-0.2, 0) is 18.0 Å². The van der Waals surface area contributed by atoms with Gasteiger partial charge < -0.3 is 10.5 Å². The van der Waals surface area contributed by atoms with Gasteiger partial charge in [0.2, 0.25) is 0 Å². The molecule has 6 heteroatoms. The van der Waals surface area contributed by atoms with Crippen LogP contribution in [0.3, 0.4) is 0 Å². The van der Waals surface area contributed by atoms with Crippen molar-refractivity contribution in [1.29, 1.82) is 0 Å². The summed E-state index contributed by atoms with van der Waals surface area (Å²) in [6.45, 7) is 0.777. The first-order valence-corrected chi connectivity index (χ1v) is 6.29. The van der Waals surface area contributed by atoms with Crippen LogP contribution in [-0.4, -0.2) is 4.92 Å². The van der Waals surface area contributed by atoms with E-state index in [1.165, 1.54) is 6.07 Å². The Morgan fingerprint density at radius 1 is 1.10 bits per heavy atom. The molecule has 20 heavy (non-hydrogen) atoms. The van der Waals surface area contributed by atoms with Gasteiger partial charge in [0.25, 0.3) is 5.69 Å².